The van der Waals surface area contributed by atoms with E-state index in [0.29, 0.717) is 17.0 Å². The molecule has 0 saturated heterocycles. The topological polar surface area (TPSA) is 0 Å². The second-order valence-electron chi connectivity index (χ2n) is 4.33. The molecule has 1 unspecified atom stereocenters. The molecular weight excluding hydrogens is 394 g/mol. The molecule has 4 heteroatoms. The normalized spacial score (nSPS) is 12.5. The number of benzene rings is 2. The first kappa shape index (κ1) is 15.0. The van der Waals surface area contributed by atoms with Gasteiger partial charge in [-0.25, -0.2) is 4.39 Å². The lowest BCUT2D eigenvalue weighted by Gasteiger charge is -2.15. The molecule has 0 aromatic heterocycles. The van der Waals surface area contributed by atoms with Gasteiger partial charge in [0.15, 0.2) is 0 Å². The predicted octanol–water partition coefficient (Wildman–Crippen LogP) is 6.23. The van der Waals surface area contributed by atoms with E-state index in [2.05, 4.69) is 31.9 Å². The standard InChI is InChI=1S/C15H12Br2ClF/c1-9-10(4-2-5-12(9)16)13(17)8-11-14(18)6-3-7-15(11)19/h2-7,13H,8H2,1H3. The summed E-state index contributed by atoms with van der Waals surface area (Å²) in [6.45, 7) is 2.04. The van der Waals surface area contributed by atoms with Gasteiger partial charge < -0.3 is 0 Å². The Morgan fingerprint density at radius 3 is 2.58 bits per heavy atom. The number of hydrogen-bond acceptors (Lipinski definition) is 0. The van der Waals surface area contributed by atoms with Gasteiger partial charge in [-0.05, 0) is 42.7 Å². The Hall–Kier alpha value is -0.380. The number of alkyl halides is 1. The molecule has 2 aromatic carbocycles. The summed E-state index contributed by atoms with van der Waals surface area (Å²) in [5.74, 6) is -0.260. The second-order valence-corrected chi connectivity index (χ2v) is 6.69. The zero-order chi connectivity index (χ0) is 14.0. The third-order valence-corrected chi connectivity index (χ3v) is 5.12. The monoisotopic (exact) mass is 404 g/mol. The maximum absolute atomic E-state index is 13.8. The zero-order valence-electron chi connectivity index (χ0n) is 10.3. The summed E-state index contributed by atoms with van der Waals surface area (Å²) >= 11 is 13.2. The van der Waals surface area contributed by atoms with Crippen LogP contribution < -0.4 is 0 Å². The molecule has 100 valence electrons. The molecule has 0 radical (unpaired) electrons. The minimum atomic E-state index is -0.260. The van der Waals surface area contributed by atoms with Gasteiger partial charge in [0.1, 0.15) is 5.82 Å². The van der Waals surface area contributed by atoms with Crippen molar-refractivity contribution in [2.45, 2.75) is 18.2 Å². The van der Waals surface area contributed by atoms with Crippen LogP contribution in [0.15, 0.2) is 40.9 Å². The Morgan fingerprint density at radius 1 is 1.21 bits per heavy atom. The number of halogens is 4. The highest BCUT2D eigenvalue weighted by atomic mass is 79.9. The van der Waals surface area contributed by atoms with Crippen LogP contribution in [-0.4, -0.2) is 0 Å². The Morgan fingerprint density at radius 2 is 1.89 bits per heavy atom. The average Bonchev–Trinajstić information content (AvgIpc) is 2.37. The van der Waals surface area contributed by atoms with Gasteiger partial charge in [-0.15, -0.1) is 0 Å². The molecule has 2 aromatic rings. The van der Waals surface area contributed by atoms with Gasteiger partial charge in [0.25, 0.3) is 0 Å². The van der Waals surface area contributed by atoms with Crippen LogP contribution in [0.5, 0.6) is 0 Å². The van der Waals surface area contributed by atoms with Crippen molar-refractivity contribution in [2.75, 3.05) is 0 Å². The van der Waals surface area contributed by atoms with Gasteiger partial charge in [0, 0.05) is 19.9 Å². The Labute approximate surface area is 134 Å². The molecule has 0 spiro atoms. The molecule has 0 fully saturated rings. The largest absolute Gasteiger partial charge is 0.207 e. The van der Waals surface area contributed by atoms with E-state index in [4.69, 9.17) is 11.6 Å². The zero-order valence-corrected chi connectivity index (χ0v) is 14.2. The second kappa shape index (κ2) is 6.38. The summed E-state index contributed by atoms with van der Waals surface area (Å²) in [5, 5.41) is 0.470. The van der Waals surface area contributed by atoms with Gasteiger partial charge in [-0.3, -0.25) is 0 Å². The van der Waals surface area contributed by atoms with Crippen molar-refractivity contribution in [2.24, 2.45) is 0 Å². The molecule has 1 atom stereocenters. The smallest absolute Gasteiger partial charge is 0.127 e. The van der Waals surface area contributed by atoms with Gasteiger partial charge in [-0.2, -0.15) is 0 Å². The maximum atomic E-state index is 13.8. The molecule has 0 aliphatic rings. The van der Waals surface area contributed by atoms with Gasteiger partial charge in [0.05, 0.1) is 0 Å². The van der Waals surface area contributed by atoms with Crippen LogP contribution in [0.1, 0.15) is 21.5 Å². The minimum absolute atomic E-state index is 0.0272. The SMILES string of the molecule is Cc1c(Br)cccc1C(Br)Cc1c(F)cccc1Cl. The summed E-state index contributed by atoms with van der Waals surface area (Å²) < 4.78 is 14.8. The quantitative estimate of drug-likeness (QED) is 0.530. The Kier molecular flexibility index (Phi) is 5.04. The van der Waals surface area contributed by atoms with Crippen molar-refractivity contribution >= 4 is 43.5 Å². The highest BCUT2D eigenvalue weighted by molar-refractivity contribution is 9.10. The fourth-order valence-corrected chi connectivity index (χ4v) is 3.42. The summed E-state index contributed by atoms with van der Waals surface area (Å²) in [6, 6.07) is 10.8. The lowest BCUT2D eigenvalue weighted by molar-refractivity contribution is 0.608. The average molecular weight is 407 g/mol. The summed E-state index contributed by atoms with van der Waals surface area (Å²) in [4.78, 5) is 0.0272. The maximum Gasteiger partial charge on any atom is 0.127 e. The third-order valence-electron chi connectivity index (χ3n) is 3.09. The first-order valence-corrected chi connectivity index (χ1v) is 7.91. The molecule has 0 nitrogen and oxygen atoms in total. The van der Waals surface area contributed by atoms with E-state index in [1.54, 1.807) is 12.1 Å². The van der Waals surface area contributed by atoms with Crippen molar-refractivity contribution in [3.63, 3.8) is 0 Å². The van der Waals surface area contributed by atoms with Crippen molar-refractivity contribution in [1.82, 2.24) is 0 Å². The van der Waals surface area contributed by atoms with E-state index in [1.807, 2.05) is 25.1 Å². The molecule has 2 rings (SSSR count). The van der Waals surface area contributed by atoms with Crippen LogP contribution in [0, 0.1) is 12.7 Å². The summed E-state index contributed by atoms with van der Waals surface area (Å²) in [6.07, 6.45) is 0.517. The first-order valence-electron chi connectivity index (χ1n) is 5.82. The molecule has 0 N–H and O–H groups in total. The molecular formula is C15H12Br2ClF. The molecule has 0 saturated carbocycles. The van der Waals surface area contributed by atoms with Crippen LogP contribution >= 0.6 is 43.5 Å². The van der Waals surface area contributed by atoms with Crippen molar-refractivity contribution < 1.29 is 4.39 Å². The third kappa shape index (κ3) is 3.39. The number of rotatable bonds is 3. The number of hydrogen-bond donors (Lipinski definition) is 0. The van der Waals surface area contributed by atoms with Gasteiger partial charge in [-0.1, -0.05) is 61.7 Å². The van der Waals surface area contributed by atoms with Crippen molar-refractivity contribution in [3.05, 3.63) is 68.4 Å². The first-order chi connectivity index (χ1) is 9.00. The van der Waals surface area contributed by atoms with Crippen LogP contribution in [0.4, 0.5) is 4.39 Å². The van der Waals surface area contributed by atoms with Crippen LogP contribution in [0.25, 0.3) is 0 Å². The van der Waals surface area contributed by atoms with Crippen LogP contribution in [-0.2, 0) is 6.42 Å². The van der Waals surface area contributed by atoms with Crippen LogP contribution in [0.2, 0.25) is 5.02 Å². The van der Waals surface area contributed by atoms with Crippen molar-refractivity contribution in [1.29, 1.82) is 0 Å². The van der Waals surface area contributed by atoms with Crippen molar-refractivity contribution in [3.8, 4) is 0 Å². The minimum Gasteiger partial charge on any atom is -0.207 e. The van der Waals surface area contributed by atoms with E-state index in [0.717, 1.165) is 15.6 Å². The van der Waals surface area contributed by atoms with E-state index in [1.165, 1.54) is 6.07 Å². The Bertz CT molecular complexity index is 578. The molecule has 0 amide bonds. The van der Waals surface area contributed by atoms with Gasteiger partial charge in [0.2, 0.25) is 0 Å². The van der Waals surface area contributed by atoms with Crippen LogP contribution in [0.3, 0.4) is 0 Å². The summed E-state index contributed by atoms with van der Waals surface area (Å²) in [7, 11) is 0. The Balaban J connectivity index is 2.31. The van der Waals surface area contributed by atoms with E-state index in [-0.39, 0.29) is 10.6 Å². The molecule has 0 bridgehead atoms. The van der Waals surface area contributed by atoms with Gasteiger partial charge >= 0.3 is 0 Å². The molecule has 0 aliphatic heterocycles. The lowest BCUT2D eigenvalue weighted by atomic mass is 10.00. The molecule has 0 heterocycles. The van der Waals surface area contributed by atoms with E-state index >= 15 is 0 Å². The predicted molar refractivity (Wildman–Crippen MR) is 85.7 cm³/mol. The highest BCUT2D eigenvalue weighted by Gasteiger charge is 2.16. The van der Waals surface area contributed by atoms with E-state index in [9.17, 15) is 4.39 Å². The highest BCUT2D eigenvalue weighted by Crippen LogP contribution is 2.34. The lowest BCUT2D eigenvalue weighted by Crippen LogP contribution is -2.01. The fraction of sp³-hybridized carbons (Fsp3) is 0.200. The summed E-state index contributed by atoms with van der Waals surface area (Å²) in [5.41, 5.74) is 2.83. The van der Waals surface area contributed by atoms with E-state index < -0.39 is 0 Å². The molecule has 19 heavy (non-hydrogen) atoms. The molecule has 0 aliphatic carbocycles. The fourth-order valence-electron chi connectivity index (χ4n) is 1.98.